The van der Waals surface area contributed by atoms with E-state index in [9.17, 15) is 4.39 Å². The Balaban J connectivity index is 2.93. The molecule has 0 aliphatic heterocycles. The molecule has 0 aliphatic carbocycles. The number of hydrogen-bond acceptors (Lipinski definition) is 3. The van der Waals surface area contributed by atoms with E-state index in [4.69, 9.17) is 14.9 Å². The zero-order valence-electron chi connectivity index (χ0n) is 9.55. The molecule has 0 aliphatic rings. The van der Waals surface area contributed by atoms with Gasteiger partial charge in [0.25, 0.3) is 0 Å². The van der Waals surface area contributed by atoms with Crippen molar-refractivity contribution < 1.29 is 13.9 Å². The van der Waals surface area contributed by atoms with Gasteiger partial charge in [0.1, 0.15) is 11.6 Å². The monoisotopic (exact) mass is 225 g/mol. The maximum Gasteiger partial charge on any atom is 0.217 e. The molecular formula is C12H16FNO2. The van der Waals surface area contributed by atoms with Crippen molar-refractivity contribution in [1.29, 1.82) is 5.41 Å². The van der Waals surface area contributed by atoms with Gasteiger partial charge in [-0.05, 0) is 31.5 Å². The van der Waals surface area contributed by atoms with Crippen molar-refractivity contribution in [1.82, 2.24) is 0 Å². The average molecular weight is 225 g/mol. The van der Waals surface area contributed by atoms with Crippen molar-refractivity contribution >= 4 is 5.90 Å². The summed E-state index contributed by atoms with van der Waals surface area (Å²) in [5.41, 5.74) is 0.357. The van der Waals surface area contributed by atoms with E-state index in [1.54, 1.807) is 6.92 Å². The van der Waals surface area contributed by atoms with Crippen LogP contribution in [-0.2, 0) is 4.74 Å². The Hall–Kier alpha value is -1.58. The molecule has 0 fully saturated rings. The molecule has 0 bridgehead atoms. The quantitative estimate of drug-likeness (QED) is 0.618. The molecule has 0 unspecified atom stereocenters. The van der Waals surface area contributed by atoms with Crippen molar-refractivity contribution in [2.75, 3.05) is 13.2 Å². The highest BCUT2D eigenvalue weighted by Gasteiger charge is 2.11. The first-order chi connectivity index (χ1) is 7.69. The second kappa shape index (κ2) is 6.10. The fourth-order valence-corrected chi connectivity index (χ4v) is 1.24. The fourth-order valence-electron chi connectivity index (χ4n) is 1.24. The highest BCUT2D eigenvalue weighted by Crippen LogP contribution is 2.20. The van der Waals surface area contributed by atoms with Crippen molar-refractivity contribution in [3.8, 4) is 5.75 Å². The molecule has 3 nitrogen and oxygen atoms in total. The van der Waals surface area contributed by atoms with Gasteiger partial charge in [-0.25, -0.2) is 4.39 Å². The van der Waals surface area contributed by atoms with Crippen LogP contribution < -0.4 is 4.74 Å². The molecule has 0 heterocycles. The second-order valence-electron chi connectivity index (χ2n) is 3.25. The summed E-state index contributed by atoms with van der Waals surface area (Å²) in [5.74, 6) is 0.0260. The van der Waals surface area contributed by atoms with Crippen LogP contribution in [0.15, 0.2) is 18.2 Å². The van der Waals surface area contributed by atoms with Gasteiger partial charge in [0.2, 0.25) is 5.90 Å². The number of halogens is 1. The molecule has 0 aromatic heterocycles. The van der Waals surface area contributed by atoms with Crippen LogP contribution in [0.4, 0.5) is 4.39 Å². The molecule has 0 atom stereocenters. The van der Waals surface area contributed by atoms with E-state index in [1.807, 2.05) is 6.92 Å². The lowest BCUT2D eigenvalue weighted by atomic mass is 10.2. The molecule has 0 saturated carbocycles. The Morgan fingerprint density at radius 2 is 2.12 bits per heavy atom. The number of nitrogens with one attached hydrogen (secondary N) is 1. The molecule has 1 N–H and O–H groups in total. The molecule has 88 valence electrons. The van der Waals surface area contributed by atoms with E-state index in [2.05, 4.69) is 0 Å². The Labute approximate surface area is 94.7 Å². The van der Waals surface area contributed by atoms with Crippen LogP contribution in [0, 0.1) is 11.2 Å². The zero-order chi connectivity index (χ0) is 12.0. The third-order valence-electron chi connectivity index (χ3n) is 1.94. The summed E-state index contributed by atoms with van der Waals surface area (Å²) in [6.07, 6.45) is 0.860. The standard InChI is InChI=1S/C12H16FNO2/c1-3-7-16-11-6-5-9(13)8-10(11)12(14)15-4-2/h5-6,8,14H,3-4,7H2,1-2H3. The SMILES string of the molecule is CCCOc1ccc(F)cc1C(=N)OCC. The largest absolute Gasteiger partial charge is 0.493 e. The van der Waals surface area contributed by atoms with Crippen LogP contribution in [0.25, 0.3) is 0 Å². The van der Waals surface area contributed by atoms with Crippen LogP contribution in [0.3, 0.4) is 0 Å². The van der Waals surface area contributed by atoms with E-state index in [0.29, 0.717) is 24.5 Å². The van der Waals surface area contributed by atoms with Gasteiger partial charge >= 0.3 is 0 Å². The van der Waals surface area contributed by atoms with Gasteiger partial charge in [0.15, 0.2) is 0 Å². The topological polar surface area (TPSA) is 42.3 Å². The number of ether oxygens (including phenoxy) is 2. The lowest BCUT2D eigenvalue weighted by Crippen LogP contribution is -2.08. The van der Waals surface area contributed by atoms with Gasteiger partial charge in [-0.1, -0.05) is 6.92 Å². The maximum absolute atomic E-state index is 13.1. The van der Waals surface area contributed by atoms with Crippen molar-refractivity contribution in [2.24, 2.45) is 0 Å². The molecule has 16 heavy (non-hydrogen) atoms. The molecular weight excluding hydrogens is 209 g/mol. The summed E-state index contributed by atoms with van der Waals surface area (Å²) in [6.45, 7) is 4.68. The molecule has 1 rings (SSSR count). The predicted octanol–water partition coefficient (Wildman–Crippen LogP) is 2.98. The van der Waals surface area contributed by atoms with Crippen molar-refractivity contribution in [3.63, 3.8) is 0 Å². The third-order valence-corrected chi connectivity index (χ3v) is 1.94. The highest BCUT2D eigenvalue weighted by molar-refractivity contribution is 5.94. The Morgan fingerprint density at radius 1 is 1.38 bits per heavy atom. The maximum atomic E-state index is 13.1. The number of hydrogen-bond donors (Lipinski definition) is 1. The molecule has 0 amide bonds. The Morgan fingerprint density at radius 3 is 2.75 bits per heavy atom. The number of rotatable bonds is 5. The smallest absolute Gasteiger partial charge is 0.217 e. The molecule has 1 aromatic carbocycles. The Kier molecular flexibility index (Phi) is 4.76. The van der Waals surface area contributed by atoms with Crippen LogP contribution in [-0.4, -0.2) is 19.1 Å². The normalized spacial score (nSPS) is 9.94. The number of benzene rings is 1. The highest BCUT2D eigenvalue weighted by atomic mass is 19.1. The van der Waals surface area contributed by atoms with Gasteiger partial charge in [-0.15, -0.1) is 0 Å². The first-order valence-corrected chi connectivity index (χ1v) is 5.33. The van der Waals surface area contributed by atoms with Crippen LogP contribution in [0.2, 0.25) is 0 Å². The van der Waals surface area contributed by atoms with E-state index in [0.717, 1.165) is 6.42 Å². The molecule has 1 aromatic rings. The van der Waals surface area contributed by atoms with Gasteiger partial charge in [-0.2, -0.15) is 0 Å². The molecule has 0 spiro atoms. The van der Waals surface area contributed by atoms with Gasteiger partial charge < -0.3 is 9.47 Å². The van der Waals surface area contributed by atoms with Gasteiger partial charge in [0.05, 0.1) is 18.8 Å². The summed E-state index contributed by atoms with van der Waals surface area (Å²) in [4.78, 5) is 0. The van der Waals surface area contributed by atoms with Gasteiger partial charge in [0, 0.05) is 0 Å². The third kappa shape index (κ3) is 3.22. The van der Waals surface area contributed by atoms with E-state index >= 15 is 0 Å². The van der Waals surface area contributed by atoms with Crippen molar-refractivity contribution in [3.05, 3.63) is 29.6 Å². The van der Waals surface area contributed by atoms with Crippen molar-refractivity contribution in [2.45, 2.75) is 20.3 Å². The molecule has 0 radical (unpaired) electrons. The van der Waals surface area contributed by atoms with E-state index in [1.165, 1.54) is 18.2 Å². The predicted molar refractivity (Wildman–Crippen MR) is 60.6 cm³/mol. The summed E-state index contributed by atoms with van der Waals surface area (Å²) >= 11 is 0. The average Bonchev–Trinajstić information content (AvgIpc) is 2.27. The first kappa shape index (κ1) is 12.5. The Bertz CT molecular complexity index is 366. The molecule has 4 heteroatoms. The second-order valence-corrected chi connectivity index (χ2v) is 3.25. The fraction of sp³-hybridized carbons (Fsp3) is 0.417. The lowest BCUT2D eigenvalue weighted by molar-refractivity contribution is 0.305. The summed E-state index contributed by atoms with van der Waals surface area (Å²) < 4.78 is 23.5. The minimum atomic E-state index is -0.400. The van der Waals surface area contributed by atoms with Crippen LogP contribution in [0.5, 0.6) is 5.75 Å². The van der Waals surface area contributed by atoms with E-state index < -0.39 is 5.82 Å². The van der Waals surface area contributed by atoms with Crippen LogP contribution >= 0.6 is 0 Å². The minimum absolute atomic E-state index is 0.0619. The molecule has 0 saturated heterocycles. The van der Waals surface area contributed by atoms with E-state index in [-0.39, 0.29) is 5.90 Å². The first-order valence-electron chi connectivity index (χ1n) is 5.33. The summed E-state index contributed by atoms with van der Waals surface area (Å²) in [7, 11) is 0. The van der Waals surface area contributed by atoms with Crippen LogP contribution in [0.1, 0.15) is 25.8 Å². The summed E-state index contributed by atoms with van der Waals surface area (Å²) in [6, 6.07) is 4.09. The van der Waals surface area contributed by atoms with Gasteiger partial charge in [-0.3, -0.25) is 5.41 Å². The lowest BCUT2D eigenvalue weighted by Gasteiger charge is -2.11. The minimum Gasteiger partial charge on any atom is -0.493 e. The zero-order valence-corrected chi connectivity index (χ0v) is 9.55. The summed E-state index contributed by atoms with van der Waals surface area (Å²) in [5, 5.41) is 7.63.